The summed E-state index contributed by atoms with van der Waals surface area (Å²) in [6, 6.07) is 4.69. The Morgan fingerprint density at radius 3 is 2.38 bits per heavy atom. The summed E-state index contributed by atoms with van der Waals surface area (Å²) < 4.78 is 14.5. The van der Waals surface area contributed by atoms with Crippen LogP contribution in [0, 0.1) is 12.3 Å². The molecule has 0 spiro atoms. The number of carbonyl (C=O) groups is 4. The van der Waals surface area contributed by atoms with Gasteiger partial charge in [0.15, 0.2) is 5.67 Å². The number of likely N-dealkylation sites (tertiary alicyclic amines) is 1. The third kappa shape index (κ3) is 9.57. The van der Waals surface area contributed by atoms with Gasteiger partial charge in [0.2, 0.25) is 17.7 Å². The Hall–Kier alpha value is -3.42. The SMILES string of the molecule is Cc1ncsc1-c1ccc([C@H](CC(=O)NCCCCCCN)NC(=O)[C@@H]2C[C@@H](O)CN2C(=O)C(NC(=O)C2(F)CC2)C(C)(C)C)cc1. The molecule has 47 heavy (non-hydrogen) atoms. The Bertz CT molecular complexity index is 1410. The van der Waals surface area contributed by atoms with Crippen LogP contribution in [-0.2, 0) is 19.2 Å². The van der Waals surface area contributed by atoms with Crippen LogP contribution >= 0.6 is 11.3 Å². The molecule has 1 aromatic carbocycles. The maximum Gasteiger partial charge on any atom is 0.258 e. The summed E-state index contributed by atoms with van der Waals surface area (Å²) in [4.78, 5) is 60.1. The molecular formula is C34H49FN6O5S. The van der Waals surface area contributed by atoms with E-state index in [4.69, 9.17) is 5.73 Å². The van der Waals surface area contributed by atoms with Crippen molar-refractivity contribution in [3.8, 4) is 10.4 Å². The van der Waals surface area contributed by atoms with Crippen molar-refractivity contribution in [3.05, 3.63) is 41.0 Å². The zero-order chi connectivity index (χ0) is 34.4. The first kappa shape index (κ1) is 36.4. The van der Waals surface area contributed by atoms with Gasteiger partial charge >= 0.3 is 0 Å². The van der Waals surface area contributed by atoms with Gasteiger partial charge in [-0.3, -0.25) is 19.2 Å². The first-order valence-electron chi connectivity index (χ1n) is 16.5. The third-order valence-corrected chi connectivity index (χ3v) is 9.81. The van der Waals surface area contributed by atoms with Gasteiger partial charge in [0.05, 0.1) is 34.6 Å². The number of unbranched alkanes of at least 4 members (excludes halogenated alkanes) is 3. The Labute approximate surface area is 280 Å². The van der Waals surface area contributed by atoms with Crippen molar-refractivity contribution in [2.24, 2.45) is 11.1 Å². The Morgan fingerprint density at radius 2 is 1.79 bits per heavy atom. The maximum absolute atomic E-state index is 14.5. The third-order valence-electron chi connectivity index (χ3n) is 8.83. The highest BCUT2D eigenvalue weighted by Gasteiger charge is 2.53. The molecule has 6 N–H and O–H groups in total. The van der Waals surface area contributed by atoms with Crippen LogP contribution in [0.4, 0.5) is 4.39 Å². The number of thiazole rings is 1. The van der Waals surface area contributed by atoms with E-state index in [-0.39, 0.29) is 38.1 Å². The second-order valence-electron chi connectivity index (χ2n) is 13.8. The molecule has 1 aliphatic carbocycles. The molecule has 1 saturated heterocycles. The number of halogens is 1. The normalized spacial score (nSPS) is 19.9. The second-order valence-corrected chi connectivity index (χ2v) is 14.7. The number of β-amino-alcohol motifs (C(OH)–C–C–N with tert-alkyl or cyclic N) is 1. The van der Waals surface area contributed by atoms with Crippen molar-refractivity contribution in [3.63, 3.8) is 0 Å². The summed E-state index contributed by atoms with van der Waals surface area (Å²) in [6.07, 6.45) is 2.89. The number of rotatable bonds is 15. The van der Waals surface area contributed by atoms with E-state index in [9.17, 15) is 28.7 Å². The number of amides is 4. The molecule has 1 unspecified atom stereocenters. The van der Waals surface area contributed by atoms with Crippen molar-refractivity contribution in [1.29, 1.82) is 0 Å². The van der Waals surface area contributed by atoms with Gasteiger partial charge in [0.1, 0.15) is 12.1 Å². The van der Waals surface area contributed by atoms with Crippen molar-refractivity contribution >= 4 is 35.0 Å². The first-order valence-corrected chi connectivity index (χ1v) is 17.4. The molecule has 0 radical (unpaired) electrons. The molecule has 2 fully saturated rings. The minimum Gasteiger partial charge on any atom is -0.391 e. The quantitative estimate of drug-likeness (QED) is 0.181. The van der Waals surface area contributed by atoms with Crippen LogP contribution in [0.25, 0.3) is 10.4 Å². The van der Waals surface area contributed by atoms with E-state index in [0.29, 0.717) is 18.7 Å². The van der Waals surface area contributed by atoms with Crippen LogP contribution in [0.15, 0.2) is 29.8 Å². The largest absolute Gasteiger partial charge is 0.391 e. The first-order chi connectivity index (χ1) is 22.2. The highest BCUT2D eigenvalue weighted by atomic mass is 32.1. The Kier molecular flexibility index (Phi) is 12.1. The van der Waals surface area contributed by atoms with Crippen molar-refractivity contribution in [1.82, 2.24) is 25.8 Å². The number of aliphatic hydroxyl groups is 1. The van der Waals surface area contributed by atoms with E-state index < -0.39 is 53.0 Å². The van der Waals surface area contributed by atoms with Gasteiger partial charge in [0, 0.05) is 19.5 Å². The van der Waals surface area contributed by atoms with E-state index in [1.165, 1.54) is 16.2 Å². The number of carbonyl (C=O) groups excluding carboxylic acids is 4. The van der Waals surface area contributed by atoms with Crippen LogP contribution in [0.2, 0.25) is 0 Å². The summed E-state index contributed by atoms with van der Waals surface area (Å²) in [5.74, 6) is -2.17. The van der Waals surface area contributed by atoms with Gasteiger partial charge in [-0.25, -0.2) is 9.37 Å². The summed E-state index contributed by atoms with van der Waals surface area (Å²) in [7, 11) is 0. The summed E-state index contributed by atoms with van der Waals surface area (Å²) >= 11 is 1.53. The zero-order valence-corrected chi connectivity index (χ0v) is 28.6. The Morgan fingerprint density at radius 1 is 1.11 bits per heavy atom. The molecule has 2 aromatic rings. The van der Waals surface area contributed by atoms with Gasteiger partial charge in [-0.1, -0.05) is 57.9 Å². The molecule has 2 aliphatic rings. The second kappa shape index (κ2) is 15.7. The van der Waals surface area contributed by atoms with E-state index in [2.05, 4.69) is 20.9 Å². The van der Waals surface area contributed by atoms with Crippen molar-refractivity contribution in [2.45, 2.75) is 109 Å². The average Bonchev–Trinajstić information content (AvgIpc) is 3.43. The molecule has 1 saturated carbocycles. The molecule has 13 heteroatoms. The van der Waals surface area contributed by atoms with Gasteiger partial charge in [-0.05, 0) is 55.7 Å². The molecule has 4 amide bonds. The topological polar surface area (TPSA) is 167 Å². The fourth-order valence-electron chi connectivity index (χ4n) is 5.79. The number of aliphatic hydroxyl groups excluding tert-OH is 1. The monoisotopic (exact) mass is 672 g/mol. The summed E-state index contributed by atoms with van der Waals surface area (Å²) in [5, 5.41) is 19.1. The number of aryl methyl sites for hydroxylation is 1. The number of hydrogen-bond acceptors (Lipinski definition) is 8. The minimum absolute atomic E-state index is 0.0132. The standard InChI is InChI=1S/C34H49FN6O5S/c1-21-28(47-20-38-21)23-11-9-22(10-12-23)25(18-27(43)37-16-8-6-5-7-15-36)39-30(44)26-17-24(42)19-41(26)31(45)29(33(2,3)4)40-32(46)34(35)13-14-34/h9-12,20,24-26,29,42H,5-8,13-19,36H2,1-4H3,(H,37,43)(H,39,44)(H,40,46)/t24-,25+,26+,29?/m1/s1. The maximum atomic E-state index is 14.5. The fraction of sp³-hybridized carbons (Fsp3) is 0.618. The van der Waals surface area contributed by atoms with Crippen molar-refractivity contribution < 1.29 is 28.7 Å². The molecule has 1 aliphatic heterocycles. The molecule has 258 valence electrons. The number of alkyl halides is 1. The zero-order valence-electron chi connectivity index (χ0n) is 27.8. The molecule has 4 atom stereocenters. The number of benzene rings is 1. The number of hydrogen-bond donors (Lipinski definition) is 5. The number of aromatic nitrogens is 1. The van der Waals surface area contributed by atoms with E-state index >= 15 is 0 Å². The van der Waals surface area contributed by atoms with Crippen LogP contribution in [0.1, 0.15) is 89.4 Å². The van der Waals surface area contributed by atoms with Crippen LogP contribution < -0.4 is 21.7 Å². The Balaban J connectivity index is 1.51. The van der Waals surface area contributed by atoms with Crippen LogP contribution in [-0.4, -0.2) is 82.1 Å². The van der Waals surface area contributed by atoms with Gasteiger partial charge in [0.25, 0.3) is 5.91 Å². The minimum atomic E-state index is -1.97. The number of nitrogens with zero attached hydrogens (tertiary/aromatic N) is 2. The van der Waals surface area contributed by atoms with E-state index in [1.807, 2.05) is 31.2 Å². The van der Waals surface area contributed by atoms with Crippen molar-refractivity contribution in [2.75, 3.05) is 19.6 Å². The van der Waals surface area contributed by atoms with E-state index in [0.717, 1.165) is 41.8 Å². The van der Waals surface area contributed by atoms with Crippen LogP contribution in [0.5, 0.6) is 0 Å². The summed E-state index contributed by atoms with van der Waals surface area (Å²) in [5.41, 5.74) is 7.15. The summed E-state index contributed by atoms with van der Waals surface area (Å²) in [6.45, 7) is 8.21. The fourth-order valence-corrected chi connectivity index (χ4v) is 6.60. The smallest absolute Gasteiger partial charge is 0.258 e. The highest BCUT2D eigenvalue weighted by molar-refractivity contribution is 7.13. The van der Waals surface area contributed by atoms with Gasteiger partial charge in [-0.2, -0.15) is 0 Å². The number of nitrogens with one attached hydrogen (secondary N) is 3. The molecule has 1 aromatic heterocycles. The number of nitrogens with two attached hydrogens (primary N) is 1. The predicted octanol–water partition coefficient (Wildman–Crippen LogP) is 3.30. The molecular weight excluding hydrogens is 623 g/mol. The van der Waals surface area contributed by atoms with Gasteiger partial charge < -0.3 is 31.7 Å². The predicted molar refractivity (Wildman–Crippen MR) is 179 cm³/mol. The lowest BCUT2D eigenvalue weighted by Gasteiger charge is -2.36. The molecule has 2 heterocycles. The average molecular weight is 673 g/mol. The van der Waals surface area contributed by atoms with Crippen LogP contribution in [0.3, 0.4) is 0 Å². The van der Waals surface area contributed by atoms with Gasteiger partial charge in [-0.15, -0.1) is 11.3 Å². The van der Waals surface area contributed by atoms with E-state index in [1.54, 1.807) is 26.3 Å². The molecule has 11 nitrogen and oxygen atoms in total. The highest BCUT2D eigenvalue weighted by Crippen LogP contribution is 2.40. The lowest BCUT2D eigenvalue weighted by molar-refractivity contribution is -0.145. The lowest BCUT2D eigenvalue weighted by atomic mass is 9.85. The molecule has 0 bridgehead atoms. The lowest BCUT2D eigenvalue weighted by Crippen LogP contribution is -2.59. The molecule has 4 rings (SSSR count).